The van der Waals surface area contributed by atoms with Crippen LogP contribution in [-0.4, -0.2) is 24.5 Å². The summed E-state index contributed by atoms with van der Waals surface area (Å²) in [4.78, 5) is 13.6. The number of hydrogen-bond donors (Lipinski definition) is 2. The molecule has 0 radical (unpaired) electrons. The molecule has 0 aromatic heterocycles. The predicted octanol–water partition coefficient (Wildman–Crippen LogP) is 2.54. The van der Waals surface area contributed by atoms with E-state index in [4.69, 9.17) is 17.3 Å². The Morgan fingerprint density at radius 3 is 2.76 bits per heavy atom. The quantitative estimate of drug-likeness (QED) is 0.898. The van der Waals surface area contributed by atoms with E-state index < -0.39 is 0 Å². The van der Waals surface area contributed by atoms with E-state index in [1.807, 2.05) is 18.2 Å². The molecule has 0 aliphatic carbocycles. The van der Waals surface area contributed by atoms with E-state index in [0.29, 0.717) is 11.6 Å². The number of carbonyl (C=O) groups excluding carboxylic acids is 1. The van der Waals surface area contributed by atoms with E-state index >= 15 is 0 Å². The normalized spacial score (nSPS) is 19.0. The lowest BCUT2D eigenvalue weighted by molar-refractivity contribution is -0.121. The smallest absolute Gasteiger partial charge is 0.222 e. The van der Waals surface area contributed by atoms with Crippen LogP contribution in [0.25, 0.3) is 0 Å². The van der Waals surface area contributed by atoms with Gasteiger partial charge >= 0.3 is 0 Å². The van der Waals surface area contributed by atoms with Crippen LogP contribution in [-0.2, 0) is 11.3 Å². The Morgan fingerprint density at radius 1 is 1.48 bits per heavy atom. The molecule has 0 spiro atoms. The number of primary amides is 1. The zero-order valence-corrected chi connectivity index (χ0v) is 13.7. The minimum Gasteiger partial charge on any atom is -0.370 e. The Balaban J connectivity index is 2.18. The topological polar surface area (TPSA) is 58.4 Å². The molecule has 1 atom stereocenters. The highest BCUT2D eigenvalue weighted by Crippen LogP contribution is 2.30. The van der Waals surface area contributed by atoms with Gasteiger partial charge in [0, 0.05) is 35.9 Å². The van der Waals surface area contributed by atoms with Crippen LogP contribution in [0.1, 0.15) is 32.8 Å². The Bertz CT molecular complexity index is 525. The summed E-state index contributed by atoms with van der Waals surface area (Å²) in [6.45, 7) is 8.72. The molecule has 1 unspecified atom stereocenters. The average Bonchev–Trinajstić information content (AvgIpc) is 2.85. The van der Waals surface area contributed by atoms with Crippen molar-refractivity contribution in [3.63, 3.8) is 0 Å². The molecule has 1 saturated heterocycles. The van der Waals surface area contributed by atoms with Gasteiger partial charge in [-0.05, 0) is 44.9 Å². The highest BCUT2D eigenvalue weighted by Gasteiger charge is 2.28. The zero-order chi connectivity index (χ0) is 15.6. The lowest BCUT2D eigenvalue weighted by atomic mass is 10.1. The number of rotatable bonds is 4. The van der Waals surface area contributed by atoms with Crippen molar-refractivity contribution in [3.8, 4) is 0 Å². The van der Waals surface area contributed by atoms with Gasteiger partial charge < -0.3 is 16.0 Å². The van der Waals surface area contributed by atoms with Gasteiger partial charge in [-0.3, -0.25) is 4.79 Å². The van der Waals surface area contributed by atoms with Crippen LogP contribution in [0, 0.1) is 5.92 Å². The standard InChI is InChI=1S/C16H24ClN3O/c1-16(2,3)19-9-11-4-5-13(17)8-14(11)20-7-6-12(10-20)15(18)21/h4-5,8,12,19H,6-7,9-10H2,1-3H3,(H2,18,21). The summed E-state index contributed by atoms with van der Waals surface area (Å²) in [7, 11) is 0. The number of anilines is 1. The highest BCUT2D eigenvalue weighted by molar-refractivity contribution is 6.30. The average molecular weight is 310 g/mol. The first-order valence-corrected chi connectivity index (χ1v) is 7.72. The van der Waals surface area contributed by atoms with Crippen molar-refractivity contribution in [1.82, 2.24) is 5.32 Å². The number of benzene rings is 1. The first-order valence-electron chi connectivity index (χ1n) is 7.34. The molecule has 1 aliphatic heterocycles. The fraction of sp³-hybridized carbons (Fsp3) is 0.562. The molecule has 1 aromatic carbocycles. The second-order valence-electron chi connectivity index (χ2n) is 6.71. The Labute approximate surface area is 131 Å². The van der Waals surface area contributed by atoms with Crippen molar-refractivity contribution in [2.45, 2.75) is 39.3 Å². The second-order valence-corrected chi connectivity index (χ2v) is 7.15. The van der Waals surface area contributed by atoms with Crippen LogP contribution in [0.15, 0.2) is 18.2 Å². The minimum atomic E-state index is -0.214. The third kappa shape index (κ3) is 4.35. The minimum absolute atomic E-state index is 0.0532. The summed E-state index contributed by atoms with van der Waals surface area (Å²) in [6.07, 6.45) is 0.813. The largest absolute Gasteiger partial charge is 0.370 e. The number of halogens is 1. The van der Waals surface area contributed by atoms with Gasteiger partial charge in [0.05, 0.1) is 5.92 Å². The molecule has 116 valence electrons. The Kier molecular flexibility index (Phi) is 4.79. The van der Waals surface area contributed by atoms with E-state index in [1.165, 1.54) is 5.56 Å². The zero-order valence-electron chi connectivity index (χ0n) is 12.9. The van der Waals surface area contributed by atoms with Crippen molar-refractivity contribution in [1.29, 1.82) is 0 Å². The molecule has 2 rings (SSSR count). The summed E-state index contributed by atoms with van der Waals surface area (Å²) in [5.41, 5.74) is 7.76. The second kappa shape index (κ2) is 6.24. The third-order valence-corrected chi connectivity index (χ3v) is 4.02. The van der Waals surface area contributed by atoms with Crippen molar-refractivity contribution < 1.29 is 4.79 Å². The van der Waals surface area contributed by atoms with Crippen molar-refractivity contribution in [3.05, 3.63) is 28.8 Å². The van der Waals surface area contributed by atoms with Crippen LogP contribution in [0.5, 0.6) is 0 Å². The van der Waals surface area contributed by atoms with E-state index in [-0.39, 0.29) is 17.4 Å². The number of amides is 1. The van der Waals surface area contributed by atoms with Crippen LogP contribution >= 0.6 is 11.6 Å². The van der Waals surface area contributed by atoms with Crippen molar-refractivity contribution in [2.24, 2.45) is 11.7 Å². The van der Waals surface area contributed by atoms with Gasteiger partial charge in [0.2, 0.25) is 5.91 Å². The number of nitrogens with two attached hydrogens (primary N) is 1. The summed E-state index contributed by atoms with van der Waals surface area (Å²) < 4.78 is 0. The number of nitrogens with one attached hydrogen (secondary N) is 1. The number of hydrogen-bond acceptors (Lipinski definition) is 3. The lowest BCUT2D eigenvalue weighted by Crippen LogP contribution is -2.35. The van der Waals surface area contributed by atoms with Gasteiger partial charge in [-0.25, -0.2) is 0 Å². The maximum absolute atomic E-state index is 11.3. The fourth-order valence-electron chi connectivity index (χ4n) is 2.55. The molecule has 1 aliphatic rings. The van der Waals surface area contributed by atoms with Crippen LogP contribution in [0.4, 0.5) is 5.69 Å². The van der Waals surface area contributed by atoms with Gasteiger partial charge in [-0.15, -0.1) is 0 Å². The van der Waals surface area contributed by atoms with E-state index in [1.54, 1.807) is 0 Å². The molecule has 0 bridgehead atoms. The molecular weight excluding hydrogens is 286 g/mol. The van der Waals surface area contributed by atoms with E-state index in [9.17, 15) is 4.79 Å². The summed E-state index contributed by atoms with van der Waals surface area (Å²) >= 11 is 6.15. The first kappa shape index (κ1) is 16.1. The predicted molar refractivity (Wildman–Crippen MR) is 87.6 cm³/mol. The molecule has 1 amide bonds. The molecule has 4 nitrogen and oxygen atoms in total. The summed E-state index contributed by atoms with van der Waals surface area (Å²) in [6, 6.07) is 5.94. The van der Waals surface area contributed by atoms with Gasteiger partial charge in [-0.1, -0.05) is 17.7 Å². The lowest BCUT2D eigenvalue weighted by Gasteiger charge is -2.25. The molecule has 5 heteroatoms. The molecule has 0 saturated carbocycles. The molecular formula is C16H24ClN3O. The van der Waals surface area contributed by atoms with Crippen molar-refractivity contribution in [2.75, 3.05) is 18.0 Å². The van der Waals surface area contributed by atoms with Gasteiger partial charge in [0.1, 0.15) is 0 Å². The fourth-order valence-corrected chi connectivity index (χ4v) is 2.72. The molecule has 21 heavy (non-hydrogen) atoms. The molecule has 1 aromatic rings. The SMILES string of the molecule is CC(C)(C)NCc1ccc(Cl)cc1N1CCC(C(N)=O)C1. The molecule has 1 heterocycles. The Morgan fingerprint density at radius 2 is 2.19 bits per heavy atom. The van der Waals surface area contributed by atoms with E-state index in [2.05, 4.69) is 31.0 Å². The molecule has 3 N–H and O–H groups in total. The number of carbonyl (C=O) groups is 1. The van der Waals surface area contributed by atoms with Gasteiger partial charge in [0.15, 0.2) is 0 Å². The van der Waals surface area contributed by atoms with Crippen LogP contribution < -0.4 is 16.0 Å². The van der Waals surface area contributed by atoms with Crippen LogP contribution in [0.2, 0.25) is 5.02 Å². The summed E-state index contributed by atoms with van der Waals surface area (Å²) in [5, 5.41) is 4.21. The van der Waals surface area contributed by atoms with Gasteiger partial charge in [-0.2, -0.15) is 0 Å². The monoisotopic (exact) mass is 309 g/mol. The molecule has 1 fully saturated rings. The van der Waals surface area contributed by atoms with Crippen molar-refractivity contribution >= 4 is 23.2 Å². The third-order valence-electron chi connectivity index (χ3n) is 3.79. The summed E-state index contributed by atoms with van der Waals surface area (Å²) in [5.74, 6) is -0.277. The first-order chi connectivity index (χ1) is 9.76. The maximum atomic E-state index is 11.3. The highest BCUT2D eigenvalue weighted by atomic mass is 35.5. The van der Waals surface area contributed by atoms with E-state index in [0.717, 1.165) is 25.2 Å². The Hall–Kier alpha value is -1.26. The van der Waals surface area contributed by atoms with Gasteiger partial charge in [0.25, 0.3) is 0 Å². The maximum Gasteiger partial charge on any atom is 0.222 e. The van der Waals surface area contributed by atoms with Crippen LogP contribution in [0.3, 0.4) is 0 Å². The number of nitrogens with zero attached hydrogens (tertiary/aromatic N) is 1.